The Kier molecular flexibility index (Phi) is 6.55. The van der Waals surface area contributed by atoms with E-state index in [-0.39, 0.29) is 11.6 Å². The number of amides is 1. The molecule has 0 spiro atoms. The molecule has 3 nitrogen and oxygen atoms in total. The summed E-state index contributed by atoms with van der Waals surface area (Å²) in [4.78, 5) is 14.8. The van der Waals surface area contributed by atoms with Crippen molar-refractivity contribution in [3.8, 4) is 0 Å². The molecule has 0 bridgehead atoms. The fourth-order valence-electron chi connectivity index (χ4n) is 3.46. The predicted molar refractivity (Wildman–Crippen MR) is 101 cm³/mol. The van der Waals surface area contributed by atoms with Crippen LogP contribution in [0.2, 0.25) is 0 Å². The second-order valence-electron chi connectivity index (χ2n) is 6.81. The Bertz CT molecular complexity index is 738. The number of thiophene rings is 1. The molecule has 146 valence electrons. The molecule has 1 aliphatic rings. The molecule has 0 saturated carbocycles. The van der Waals surface area contributed by atoms with Gasteiger partial charge in [0.05, 0.1) is 11.6 Å². The van der Waals surface area contributed by atoms with Crippen LogP contribution in [-0.4, -0.2) is 30.4 Å². The Morgan fingerprint density at radius 1 is 1.15 bits per heavy atom. The third kappa shape index (κ3) is 5.32. The van der Waals surface area contributed by atoms with Crippen LogP contribution in [-0.2, 0) is 6.18 Å². The summed E-state index contributed by atoms with van der Waals surface area (Å²) in [6.07, 6.45) is 0.221. The molecule has 1 aromatic carbocycles. The quantitative estimate of drug-likeness (QED) is 0.761. The molecule has 1 N–H and O–H groups in total. The van der Waals surface area contributed by atoms with Crippen molar-refractivity contribution in [1.29, 1.82) is 0 Å². The maximum absolute atomic E-state index is 12.9. The highest BCUT2D eigenvalue weighted by atomic mass is 32.1. The number of nitrogens with one attached hydrogen (secondary N) is 1. The van der Waals surface area contributed by atoms with Crippen molar-refractivity contribution >= 4 is 17.2 Å². The largest absolute Gasteiger partial charge is 0.416 e. The summed E-state index contributed by atoms with van der Waals surface area (Å²) in [7, 11) is 0. The second kappa shape index (κ2) is 8.89. The first-order valence-corrected chi connectivity index (χ1v) is 10.1. The molecule has 1 saturated heterocycles. The molecule has 27 heavy (non-hydrogen) atoms. The van der Waals surface area contributed by atoms with Gasteiger partial charge >= 0.3 is 6.18 Å². The number of rotatable bonds is 5. The van der Waals surface area contributed by atoms with Crippen LogP contribution in [0.4, 0.5) is 13.2 Å². The molecule has 1 aromatic heterocycles. The number of carbonyl (C=O) groups is 1. The van der Waals surface area contributed by atoms with Crippen LogP contribution < -0.4 is 5.32 Å². The third-order valence-electron chi connectivity index (χ3n) is 4.92. The molecule has 1 aliphatic heterocycles. The number of nitrogens with zero attached hydrogens (tertiary/aromatic N) is 1. The summed E-state index contributed by atoms with van der Waals surface area (Å²) in [6.45, 7) is 2.33. The standard InChI is InChI=1S/C20H23F3N2OS/c21-20(22,23)17-7-5-6-15(12-17)19(26)24-13-18(16-8-11-27-14-16)25-9-3-1-2-4-10-25/h5-8,11-12,14,18H,1-4,9-10,13H2,(H,24,26). The lowest BCUT2D eigenvalue weighted by atomic mass is 10.1. The monoisotopic (exact) mass is 396 g/mol. The molecule has 1 amide bonds. The van der Waals surface area contributed by atoms with Crippen molar-refractivity contribution < 1.29 is 18.0 Å². The van der Waals surface area contributed by atoms with E-state index in [0.717, 1.165) is 43.6 Å². The van der Waals surface area contributed by atoms with Gasteiger partial charge in [0, 0.05) is 12.1 Å². The van der Waals surface area contributed by atoms with Gasteiger partial charge in [-0.15, -0.1) is 0 Å². The number of likely N-dealkylation sites (tertiary alicyclic amines) is 1. The van der Waals surface area contributed by atoms with E-state index in [9.17, 15) is 18.0 Å². The molecule has 2 heterocycles. The zero-order valence-electron chi connectivity index (χ0n) is 15.0. The van der Waals surface area contributed by atoms with Crippen molar-refractivity contribution in [2.24, 2.45) is 0 Å². The van der Waals surface area contributed by atoms with Crippen molar-refractivity contribution in [2.75, 3.05) is 19.6 Å². The van der Waals surface area contributed by atoms with Crippen LogP contribution in [0.5, 0.6) is 0 Å². The Labute approximate surface area is 161 Å². The van der Waals surface area contributed by atoms with Gasteiger partial charge in [-0.1, -0.05) is 18.9 Å². The number of hydrogen-bond donors (Lipinski definition) is 1. The van der Waals surface area contributed by atoms with Crippen LogP contribution in [0.15, 0.2) is 41.1 Å². The van der Waals surface area contributed by atoms with Gasteiger partial charge in [-0.3, -0.25) is 9.69 Å². The highest BCUT2D eigenvalue weighted by Crippen LogP contribution is 2.30. The molecule has 1 unspecified atom stereocenters. The van der Waals surface area contributed by atoms with Crippen LogP contribution in [0.25, 0.3) is 0 Å². The van der Waals surface area contributed by atoms with E-state index < -0.39 is 17.6 Å². The highest BCUT2D eigenvalue weighted by Gasteiger charge is 2.31. The second-order valence-corrected chi connectivity index (χ2v) is 7.59. The van der Waals surface area contributed by atoms with Gasteiger partial charge in [-0.2, -0.15) is 24.5 Å². The van der Waals surface area contributed by atoms with E-state index in [0.29, 0.717) is 6.54 Å². The smallest absolute Gasteiger partial charge is 0.350 e. The van der Waals surface area contributed by atoms with Crippen LogP contribution in [0.3, 0.4) is 0 Å². The number of halogens is 3. The number of benzene rings is 1. The number of carbonyl (C=O) groups excluding carboxylic acids is 1. The summed E-state index contributed by atoms with van der Waals surface area (Å²) in [5.74, 6) is -0.476. The fraction of sp³-hybridized carbons (Fsp3) is 0.450. The SMILES string of the molecule is O=C(NCC(c1ccsc1)N1CCCCCC1)c1cccc(C(F)(F)F)c1. The topological polar surface area (TPSA) is 32.3 Å². The first-order chi connectivity index (χ1) is 12.9. The van der Waals surface area contributed by atoms with E-state index >= 15 is 0 Å². The maximum atomic E-state index is 12.9. The van der Waals surface area contributed by atoms with Crippen LogP contribution in [0.1, 0.15) is 53.2 Å². The minimum atomic E-state index is -4.46. The summed E-state index contributed by atoms with van der Waals surface area (Å²) in [5.41, 5.74) is 0.369. The zero-order valence-corrected chi connectivity index (χ0v) is 15.8. The lowest BCUT2D eigenvalue weighted by Gasteiger charge is -2.30. The van der Waals surface area contributed by atoms with E-state index in [1.165, 1.54) is 25.0 Å². The van der Waals surface area contributed by atoms with Gasteiger partial charge in [0.25, 0.3) is 5.91 Å². The fourth-order valence-corrected chi connectivity index (χ4v) is 4.16. The van der Waals surface area contributed by atoms with Gasteiger partial charge in [0.15, 0.2) is 0 Å². The van der Waals surface area contributed by atoms with Gasteiger partial charge < -0.3 is 5.32 Å². The molecule has 7 heteroatoms. The molecule has 1 atom stereocenters. The predicted octanol–water partition coefficient (Wildman–Crippen LogP) is 5.11. The molecule has 1 fully saturated rings. The van der Waals surface area contributed by atoms with Crippen molar-refractivity contribution in [1.82, 2.24) is 10.2 Å². The Balaban J connectivity index is 1.70. The molecule has 0 aliphatic carbocycles. The number of hydrogen-bond acceptors (Lipinski definition) is 3. The van der Waals surface area contributed by atoms with Crippen LogP contribution in [0, 0.1) is 0 Å². The van der Waals surface area contributed by atoms with E-state index in [1.807, 2.05) is 5.38 Å². The van der Waals surface area contributed by atoms with Gasteiger partial charge in [0.1, 0.15) is 0 Å². The van der Waals surface area contributed by atoms with Crippen molar-refractivity contribution in [3.05, 3.63) is 57.8 Å². The molecule has 2 aromatic rings. The maximum Gasteiger partial charge on any atom is 0.416 e. The Morgan fingerprint density at radius 2 is 1.89 bits per heavy atom. The van der Waals surface area contributed by atoms with Crippen molar-refractivity contribution in [3.63, 3.8) is 0 Å². The Morgan fingerprint density at radius 3 is 2.52 bits per heavy atom. The summed E-state index contributed by atoms with van der Waals surface area (Å²) >= 11 is 1.61. The van der Waals surface area contributed by atoms with E-state index in [4.69, 9.17) is 0 Å². The normalized spacial score (nSPS) is 17.3. The lowest BCUT2D eigenvalue weighted by molar-refractivity contribution is -0.137. The summed E-state index contributed by atoms with van der Waals surface area (Å²) < 4.78 is 38.6. The summed E-state index contributed by atoms with van der Waals surface area (Å²) in [6, 6.07) is 6.66. The minimum Gasteiger partial charge on any atom is -0.350 e. The lowest BCUT2D eigenvalue weighted by Crippen LogP contribution is -2.38. The zero-order chi connectivity index (χ0) is 19.3. The highest BCUT2D eigenvalue weighted by molar-refractivity contribution is 7.07. The molecule has 0 radical (unpaired) electrons. The first-order valence-electron chi connectivity index (χ1n) is 9.17. The first kappa shape index (κ1) is 19.9. The summed E-state index contributed by atoms with van der Waals surface area (Å²) in [5, 5.41) is 6.92. The van der Waals surface area contributed by atoms with E-state index in [2.05, 4.69) is 21.7 Å². The average Bonchev–Trinajstić information content (AvgIpc) is 3.04. The molecule has 3 rings (SSSR count). The average molecular weight is 396 g/mol. The molecular formula is C20H23F3N2OS. The Hall–Kier alpha value is -1.86. The van der Waals surface area contributed by atoms with Crippen molar-refractivity contribution in [2.45, 2.75) is 37.9 Å². The third-order valence-corrected chi connectivity index (χ3v) is 5.62. The van der Waals surface area contributed by atoms with Gasteiger partial charge in [-0.25, -0.2) is 0 Å². The molecular weight excluding hydrogens is 373 g/mol. The minimum absolute atomic E-state index is 0.0322. The van der Waals surface area contributed by atoms with E-state index in [1.54, 1.807) is 11.3 Å². The van der Waals surface area contributed by atoms with Gasteiger partial charge in [0.2, 0.25) is 0 Å². The van der Waals surface area contributed by atoms with Gasteiger partial charge in [-0.05, 0) is 66.5 Å². The van der Waals surface area contributed by atoms with Crippen LogP contribution >= 0.6 is 11.3 Å². The number of alkyl halides is 3.